The monoisotopic (exact) mass is 329 g/mol. The standard InChI is InChI=1S/C19H24ClN3/c20-18-5-3-16(4-6-18)7-11-23-12-8-19(9-13-23)22-15-17-2-1-10-21-14-17/h1-6,10,14,19,22H,7-9,11-13,15H2. The number of rotatable bonds is 6. The molecule has 0 bridgehead atoms. The Labute approximate surface area is 143 Å². The third-order valence-corrected chi connectivity index (χ3v) is 4.79. The topological polar surface area (TPSA) is 28.2 Å². The minimum atomic E-state index is 0.627. The van der Waals surface area contributed by atoms with E-state index in [-0.39, 0.29) is 0 Å². The molecule has 1 aromatic carbocycles. The molecular formula is C19H24ClN3. The molecule has 0 spiro atoms. The molecule has 4 heteroatoms. The van der Waals surface area contributed by atoms with Crippen LogP contribution in [0.2, 0.25) is 5.02 Å². The lowest BCUT2D eigenvalue weighted by molar-refractivity contribution is 0.199. The fraction of sp³-hybridized carbons (Fsp3) is 0.421. The van der Waals surface area contributed by atoms with E-state index < -0.39 is 0 Å². The summed E-state index contributed by atoms with van der Waals surface area (Å²) < 4.78 is 0. The molecule has 2 heterocycles. The van der Waals surface area contributed by atoms with Crippen molar-refractivity contribution in [1.82, 2.24) is 15.2 Å². The smallest absolute Gasteiger partial charge is 0.0406 e. The van der Waals surface area contributed by atoms with Crippen LogP contribution in [0.3, 0.4) is 0 Å². The van der Waals surface area contributed by atoms with Crippen LogP contribution in [0.25, 0.3) is 0 Å². The molecule has 1 aromatic heterocycles. The van der Waals surface area contributed by atoms with Crippen LogP contribution in [0.4, 0.5) is 0 Å². The molecule has 1 aliphatic heterocycles. The van der Waals surface area contributed by atoms with Crippen molar-refractivity contribution < 1.29 is 0 Å². The van der Waals surface area contributed by atoms with E-state index in [1.54, 1.807) is 0 Å². The molecule has 0 aliphatic carbocycles. The predicted octanol–water partition coefficient (Wildman–Crippen LogP) is 3.53. The Hall–Kier alpha value is -1.42. The SMILES string of the molecule is Clc1ccc(CCN2CCC(NCc3cccnc3)CC2)cc1. The summed E-state index contributed by atoms with van der Waals surface area (Å²) in [6, 6.07) is 13.0. The molecule has 1 aliphatic rings. The highest BCUT2D eigenvalue weighted by Crippen LogP contribution is 2.14. The zero-order valence-corrected chi connectivity index (χ0v) is 14.2. The molecule has 3 nitrogen and oxygen atoms in total. The first-order valence-corrected chi connectivity index (χ1v) is 8.76. The molecule has 0 atom stereocenters. The first-order valence-electron chi connectivity index (χ1n) is 8.39. The lowest BCUT2D eigenvalue weighted by atomic mass is 10.0. The zero-order chi connectivity index (χ0) is 15.9. The first-order chi connectivity index (χ1) is 11.3. The minimum Gasteiger partial charge on any atom is -0.310 e. The van der Waals surface area contributed by atoms with Crippen LogP contribution in [0.5, 0.6) is 0 Å². The second kappa shape index (κ2) is 8.44. The van der Waals surface area contributed by atoms with Crippen LogP contribution in [-0.4, -0.2) is 35.6 Å². The Balaban J connectivity index is 1.36. The highest BCUT2D eigenvalue weighted by Gasteiger charge is 2.18. The van der Waals surface area contributed by atoms with Gasteiger partial charge in [0.25, 0.3) is 0 Å². The van der Waals surface area contributed by atoms with Crippen molar-refractivity contribution in [3.05, 3.63) is 64.9 Å². The van der Waals surface area contributed by atoms with Gasteiger partial charge >= 0.3 is 0 Å². The molecule has 0 radical (unpaired) electrons. The summed E-state index contributed by atoms with van der Waals surface area (Å²) in [6.45, 7) is 4.41. The van der Waals surface area contributed by atoms with E-state index in [0.717, 1.165) is 24.5 Å². The van der Waals surface area contributed by atoms with E-state index in [0.29, 0.717) is 6.04 Å². The predicted molar refractivity (Wildman–Crippen MR) is 95.7 cm³/mol. The lowest BCUT2D eigenvalue weighted by Crippen LogP contribution is -2.42. The van der Waals surface area contributed by atoms with E-state index in [1.165, 1.54) is 37.1 Å². The van der Waals surface area contributed by atoms with Crippen molar-refractivity contribution in [3.8, 4) is 0 Å². The third-order valence-electron chi connectivity index (χ3n) is 4.54. The van der Waals surface area contributed by atoms with E-state index in [4.69, 9.17) is 11.6 Å². The molecule has 1 N–H and O–H groups in total. The van der Waals surface area contributed by atoms with E-state index >= 15 is 0 Å². The lowest BCUT2D eigenvalue weighted by Gasteiger charge is -2.32. The van der Waals surface area contributed by atoms with Crippen LogP contribution in [-0.2, 0) is 13.0 Å². The number of benzene rings is 1. The molecule has 3 rings (SSSR count). The van der Waals surface area contributed by atoms with Crippen LogP contribution in [0.15, 0.2) is 48.8 Å². The highest BCUT2D eigenvalue weighted by molar-refractivity contribution is 6.30. The Morgan fingerprint density at radius 2 is 1.87 bits per heavy atom. The van der Waals surface area contributed by atoms with Gasteiger partial charge < -0.3 is 10.2 Å². The molecule has 23 heavy (non-hydrogen) atoms. The number of likely N-dealkylation sites (tertiary alicyclic amines) is 1. The molecule has 0 saturated carbocycles. The van der Waals surface area contributed by atoms with Gasteiger partial charge in [0.1, 0.15) is 0 Å². The summed E-state index contributed by atoms with van der Waals surface area (Å²) in [5.74, 6) is 0. The normalized spacial score (nSPS) is 16.6. The van der Waals surface area contributed by atoms with Gasteiger partial charge in [-0.05, 0) is 61.7 Å². The van der Waals surface area contributed by atoms with Crippen LogP contribution in [0.1, 0.15) is 24.0 Å². The molecule has 2 aromatic rings. The minimum absolute atomic E-state index is 0.627. The Morgan fingerprint density at radius 1 is 1.09 bits per heavy atom. The number of nitrogens with zero attached hydrogens (tertiary/aromatic N) is 2. The summed E-state index contributed by atoms with van der Waals surface area (Å²) >= 11 is 5.93. The van der Waals surface area contributed by atoms with Crippen molar-refractivity contribution in [2.75, 3.05) is 19.6 Å². The van der Waals surface area contributed by atoms with Gasteiger partial charge in [0.2, 0.25) is 0 Å². The Morgan fingerprint density at radius 3 is 2.57 bits per heavy atom. The molecular weight excluding hydrogens is 306 g/mol. The van der Waals surface area contributed by atoms with E-state index in [9.17, 15) is 0 Å². The maximum atomic E-state index is 5.93. The van der Waals surface area contributed by atoms with Gasteiger partial charge in [-0.3, -0.25) is 4.98 Å². The number of aromatic nitrogens is 1. The Kier molecular flexibility index (Phi) is 6.03. The number of halogens is 1. The Bertz CT molecular complexity index is 577. The maximum Gasteiger partial charge on any atom is 0.0406 e. The van der Waals surface area contributed by atoms with Gasteiger partial charge in [0.15, 0.2) is 0 Å². The maximum absolute atomic E-state index is 5.93. The number of hydrogen-bond donors (Lipinski definition) is 1. The number of hydrogen-bond acceptors (Lipinski definition) is 3. The van der Waals surface area contributed by atoms with Gasteiger partial charge in [-0.15, -0.1) is 0 Å². The second-order valence-electron chi connectivity index (χ2n) is 6.23. The third kappa shape index (κ3) is 5.31. The fourth-order valence-corrected chi connectivity index (χ4v) is 3.19. The van der Waals surface area contributed by atoms with Gasteiger partial charge in [-0.2, -0.15) is 0 Å². The summed E-state index contributed by atoms with van der Waals surface area (Å²) in [7, 11) is 0. The number of piperidine rings is 1. The van der Waals surface area contributed by atoms with Crippen molar-refractivity contribution in [2.24, 2.45) is 0 Å². The van der Waals surface area contributed by atoms with Gasteiger partial charge in [0, 0.05) is 36.5 Å². The zero-order valence-electron chi connectivity index (χ0n) is 13.4. The number of pyridine rings is 1. The van der Waals surface area contributed by atoms with Crippen molar-refractivity contribution >= 4 is 11.6 Å². The average Bonchev–Trinajstić information content (AvgIpc) is 2.61. The van der Waals surface area contributed by atoms with E-state index in [1.807, 2.05) is 30.6 Å². The van der Waals surface area contributed by atoms with Crippen molar-refractivity contribution in [3.63, 3.8) is 0 Å². The molecule has 0 amide bonds. The highest BCUT2D eigenvalue weighted by atomic mass is 35.5. The fourth-order valence-electron chi connectivity index (χ4n) is 3.06. The van der Waals surface area contributed by atoms with Crippen molar-refractivity contribution in [2.45, 2.75) is 31.8 Å². The molecule has 1 saturated heterocycles. The summed E-state index contributed by atoms with van der Waals surface area (Å²) in [5, 5.41) is 4.47. The summed E-state index contributed by atoms with van der Waals surface area (Å²) in [6.07, 6.45) is 7.31. The van der Waals surface area contributed by atoms with Crippen molar-refractivity contribution in [1.29, 1.82) is 0 Å². The quantitative estimate of drug-likeness (QED) is 0.878. The van der Waals surface area contributed by atoms with Crippen LogP contribution in [0, 0.1) is 0 Å². The second-order valence-corrected chi connectivity index (χ2v) is 6.67. The van der Waals surface area contributed by atoms with Crippen LogP contribution < -0.4 is 5.32 Å². The summed E-state index contributed by atoms with van der Waals surface area (Å²) in [4.78, 5) is 6.73. The average molecular weight is 330 g/mol. The largest absolute Gasteiger partial charge is 0.310 e. The number of nitrogens with one attached hydrogen (secondary N) is 1. The van der Waals surface area contributed by atoms with E-state index in [2.05, 4.69) is 33.4 Å². The van der Waals surface area contributed by atoms with Crippen LogP contribution >= 0.6 is 11.6 Å². The first kappa shape index (κ1) is 16.4. The van der Waals surface area contributed by atoms with Gasteiger partial charge in [0.05, 0.1) is 0 Å². The van der Waals surface area contributed by atoms with Gasteiger partial charge in [-0.1, -0.05) is 29.8 Å². The van der Waals surface area contributed by atoms with Gasteiger partial charge in [-0.25, -0.2) is 0 Å². The molecule has 1 fully saturated rings. The summed E-state index contributed by atoms with van der Waals surface area (Å²) in [5.41, 5.74) is 2.63. The molecule has 0 unspecified atom stereocenters. The molecule has 122 valence electrons.